The van der Waals surface area contributed by atoms with Crippen molar-refractivity contribution in [1.29, 1.82) is 0 Å². The molecule has 0 aliphatic rings. The average molecular weight is 240 g/mol. The predicted octanol–water partition coefficient (Wildman–Crippen LogP) is 3.29. The van der Waals surface area contributed by atoms with Crippen LogP contribution in [-0.2, 0) is 0 Å². The number of hydrogen-bond donors (Lipinski definition) is 1. The summed E-state index contributed by atoms with van der Waals surface area (Å²) in [7, 11) is 0. The van der Waals surface area contributed by atoms with Crippen LogP contribution in [0, 0.1) is 0 Å². The first-order chi connectivity index (χ1) is 7.29. The first-order valence-corrected chi connectivity index (χ1v) is 5.87. The molecule has 0 saturated heterocycles. The highest BCUT2D eigenvalue weighted by Gasteiger charge is 2.03. The van der Waals surface area contributed by atoms with Crippen LogP contribution in [0.1, 0.15) is 6.92 Å². The van der Waals surface area contributed by atoms with E-state index in [1.54, 1.807) is 0 Å². The number of thiophene rings is 1. The third-order valence-electron chi connectivity index (χ3n) is 1.89. The standard InChI is InChI=1S/C10H10ClN3S/c1-2-12-10-4-3-8(13-14-10)7-5-9(11)15-6-7/h3-6H,2H2,1H3,(H,12,14). The summed E-state index contributed by atoms with van der Waals surface area (Å²) >= 11 is 7.35. The first kappa shape index (κ1) is 10.4. The van der Waals surface area contributed by atoms with Crippen LogP contribution < -0.4 is 5.32 Å². The fourth-order valence-corrected chi connectivity index (χ4v) is 2.08. The van der Waals surface area contributed by atoms with Crippen molar-refractivity contribution in [1.82, 2.24) is 10.2 Å². The minimum Gasteiger partial charge on any atom is -0.369 e. The van der Waals surface area contributed by atoms with Crippen LogP contribution in [0.5, 0.6) is 0 Å². The predicted molar refractivity (Wildman–Crippen MR) is 64.5 cm³/mol. The highest BCUT2D eigenvalue weighted by atomic mass is 35.5. The summed E-state index contributed by atoms with van der Waals surface area (Å²) in [5.41, 5.74) is 1.86. The van der Waals surface area contributed by atoms with Gasteiger partial charge in [-0.15, -0.1) is 21.5 Å². The van der Waals surface area contributed by atoms with Crippen LogP contribution in [0.4, 0.5) is 5.82 Å². The number of hydrogen-bond acceptors (Lipinski definition) is 4. The van der Waals surface area contributed by atoms with Crippen molar-refractivity contribution in [3.05, 3.63) is 27.9 Å². The number of halogens is 1. The van der Waals surface area contributed by atoms with E-state index in [2.05, 4.69) is 15.5 Å². The van der Waals surface area contributed by atoms with E-state index in [0.717, 1.165) is 28.0 Å². The SMILES string of the molecule is CCNc1ccc(-c2csc(Cl)c2)nn1. The van der Waals surface area contributed by atoms with Gasteiger partial charge in [0.1, 0.15) is 5.82 Å². The summed E-state index contributed by atoms with van der Waals surface area (Å²) in [6, 6.07) is 5.74. The molecular weight excluding hydrogens is 230 g/mol. The Morgan fingerprint density at radius 3 is 2.80 bits per heavy atom. The zero-order valence-electron chi connectivity index (χ0n) is 8.20. The van der Waals surface area contributed by atoms with Gasteiger partial charge in [0.05, 0.1) is 10.0 Å². The lowest BCUT2D eigenvalue weighted by molar-refractivity contribution is 1.02. The van der Waals surface area contributed by atoms with Crippen molar-refractivity contribution in [2.24, 2.45) is 0 Å². The second kappa shape index (κ2) is 4.59. The molecule has 2 aromatic rings. The van der Waals surface area contributed by atoms with Crippen LogP contribution in [0.15, 0.2) is 23.6 Å². The van der Waals surface area contributed by atoms with Gasteiger partial charge in [0.2, 0.25) is 0 Å². The van der Waals surface area contributed by atoms with Gasteiger partial charge in [0, 0.05) is 17.5 Å². The molecule has 0 atom stereocenters. The van der Waals surface area contributed by atoms with Gasteiger partial charge in [-0.25, -0.2) is 0 Å². The molecular formula is C10H10ClN3S. The maximum absolute atomic E-state index is 5.85. The molecule has 0 bridgehead atoms. The van der Waals surface area contributed by atoms with Gasteiger partial charge in [0.25, 0.3) is 0 Å². The van der Waals surface area contributed by atoms with Gasteiger partial charge in [-0.2, -0.15) is 0 Å². The van der Waals surface area contributed by atoms with Gasteiger partial charge in [-0.3, -0.25) is 0 Å². The first-order valence-electron chi connectivity index (χ1n) is 4.61. The summed E-state index contributed by atoms with van der Waals surface area (Å²) in [6.07, 6.45) is 0. The Morgan fingerprint density at radius 1 is 1.40 bits per heavy atom. The van der Waals surface area contributed by atoms with E-state index >= 15 is 0 Å². The lowest BCUT2D eigenvalue weighted by atomic mass is 10.2. The smallest absolute Gasteiger partial charge is 0.148 e. The molecule has 0 aromatic carbocycles. The Labute approximate surface area is 97.1 Å². The van der Waals surface area contributed by atoms with Gasteiger partial charge < -0.3 is 5.32 Å². The maximum Gasteiger partial charge on any atom is 0.148 e. The van der Waals surface area contributed by atoms with E-state index in [4.69, 9.17) is 11.6 Å². The fraction of sp³-hybridized carbons (Fsp3) is 0.200. The molecule has 0 radical (unpaired) electrons. The molecule has 2 aromatic heterocycles. The zero-order chi connectivity index (χ0) is 10.7. The molecule has 2 heterocycles. The van der Waals surface area contributed by atoms with Crippen LogP contribution in [0.25, 0.3) is 11.3 Å². The van der Waals surface area contributed by atoms with Crippen molar-refractivity contribution in [2.45, 2.75) is 6.92 Å². The van der Waals surface area contributed by atoms with Crippen LogP contribution in [0.3, 0.4) is 0 Å². The molecule has 78 valence electrons. The fourth-order valence-electron chi connectivity index (χ4n) is 1.21. The molecule has 5 heteroatoms. The molecule has 15 heavy (non-hydrogen) atoms. The summed E-state index contributed by atoms with van der Waals surface area (Å²) in [4.78, 5) is 0. The molecule has 0 saturated carbocycles. The van der Waals surface area contributed by atoms with Crippen molar-refractivity contribution in [3.8, 4) is 11.3 Å². The molecule has 0 unspecified atom stereocenters. The van der Waals surface area contributed by atoms with Gasteiger partial charge in [0.15, 0.2) is 0 Å². The van der Waals surface area contributed by atoms with Gasteiger partial charge in [-0.1, -0.05) is 11.6 Å². The Balaban J connectivity index is 2.23. The number of rotatable bonds is 3. The minimum atomic E-state index is 0.766. The van der Waals surface area contributed by atoms with Crippen molar-refractivity contribution in [2.75, 3.05) is 11.9 Å². The normalized spacial score (nSPS) is 10.3. The molecule has 0 spiro atoms. The molecule has 0 amide bonds. The van der Waals surface area contributed by atoms with Gasteiger partial charge in [-0.05, 0) is 25.1 Å². The Morgan fingerprint density at radius 2 is 2.27 bits per heavy atom. The lowest BCUT2D eigenvalue weighted by Gasteiger charge is -2.01. The monoisotopic (exact) mass is 239 g/mol. The molecule has 2 rings (SSSR count). The number of anilines is 1. The van der Waals surface area contributed by atoms with Crippen LogP contribution in [-0.4, -0.2) is 16.7 Å². The van der Waals surface area contributed by atoms with E-state index in [9.17, 15) is 0 Å². The number of aromatic nitrogens is 2. The minimum absolute atomic E-state index is 0.766. The molecule has 0 fully saturated rings. The summed E-state index contributed by atoms with van der Waals surface area (Å²) in [5, 5.41) is 13.2. The average Bonchev–Trinajstić information content (AvgIpc) is 2.67. The van der Waals surface area contributed by atoms with E-state index in [-0.39, 0.29) is 0 Å². The van der Waals surface area contributed by atoms with Crippen molar-refractivity contribution in [3.63, 3.8) is 0 Å². The Hall–Kier alpha value is -1.13. The van der Waals surface area contributed by atoms with Gasteiger partial charge >= 0.3 is 0 Å². The highest BCUT2D eigenvalue weighted by Crippen LogP contribution is 2.27. The second-order valence-corrected chi connectivity index (χ2v) is 4.52. The quantitative estimate of drug-likeness (QED) is 0.893. The lowest BCUT2D eigenvalue weighted by Crippen LogP contribution is -2.00. The van der Waals surface area contributed by atoms with Crippen molar-refractivity contribution >= 4 is 28.8 Å². The van der Waals surface area contributed by atoms with E-state index in [0.29, 0.717) is 0 Å². The molecule has 3 nitrogen and oxygen atoms in total. The van der Waals surface area contributed by atoms with Crippen molar-refractivity contribution < 1.29 is 0 Å². The third-order valence-corrected chi connectivity index (χ3v) is 2.98. The van der Waals surface area contributed by atoms with E-state index < -0.39 is 0 Å². The largest absolute Gasteiger partial charge is 0.369 e. The Bertz CT molecular complexity index is 438. The summed E-state index contributed by atoms with van der Waals surface area (Å²) in [5.74, 6) is 0.794. The van der Waals surface area contributed by atoms with Crippen LogP contribution >= 0.6 is 22.9 Å². The molecule has 0 aliphatic heterocycles. The molecule has 0 aliphatic carbocycles. The third kappa shape index (κ3) is 2.46. The topological polar surface area (TPSA) is 37.8 Å². The zero-order valence-corrected chi connectivity index (χ0v) is 9.77. The number of nitrogens with zero attached hydrogens (tertiary/aromatic N) is 2. The highest BCUT2D eigenvalue weighted by molar-refractivity contribution is 7.14. The van der Waals surface area contributed by atoms with E-state index in [1.807, 2.05) is 30.5 Å². The van der Waals surface area contributed by atoms with Crippen LogP contribution in [0.2, 0.25) is 4.34 Å². The molecule has 1 N–H and O–H groups in total. The summed E-state index contributed by atoms with van der Waals surface area (Å²) in [6.45, 7) is 2.87. The summed E-state index contributed by atoms with van der Waals surface area (Å²) < 4.78 is 0.766. The second-order valence-electron chi connectivity index (χ2n) is 2.97. The maximum atomic E-state index is 5.85. The Kier molecular flexibility index (Phi) is 3.18. The van der Waals surface area contributed by atoms with E-state index in [1.165, 1.54) is 11.3 Å². The number of nitrogens with one attached hydrogen (secondary N) is 1.